The van der Waals surface area contributed by atoms with Crippen molar-refractivity contribution in [2.75, 3.05) is 13.1 Å². The third-order valence-corrected chi connectivity index (χ3v) is 4.00. The average Bonchev–Trinajstić information content (AvgIpc) is 2.82. The van der Waals surface area contributed by atoms with Gasteiger partial charge < -0.3 is 4.98 Å². The molecule has 1 fully saturated rings. The Morgan fingerprint density at radius 2 is 2.30 bits per heavy atom. The van der Waals surface area contributed by atoms with Crippen LogP contribution in [0.3, 0.4) is 0 Å². The van der Waals surface area contributed by atoms with Gasteiger partial charge >= 0.3 is 0 Å². The highest BCUT2D eigenvalue weighted by Gasteiger charge is 2.23. The molecule has 0 bridgehead atoms. The van der Waals surface area contributed by atoms with E-state index in [1.165, 1.54) is 25.1 Å². The van der Waals surface area contributed by atoms with Gasteiger partial charge in [-0.05, 0) is 25.8 Å². The highest BCUT2D eigenvalue weighted by atomic mass is 16.6. The fourth-order valence-corrected chi connectivity index (χ4v) is 2.83. The van der Waals surface area contributed by atoms with Crippen LogP contribution in [0.25, 0.3) is 0 Å². The standard InChI is InChI=1S/C14H21N3O3/c1-2-11-6-4-3-5-7-16(11)10-14(18)13-8-12(9-15-13)17(19)20/h8-9,11,15H,2-7,10H2,1H3. The van der Waals surface area contributed by atoms with Gasteiger partial charge in [-0.15, -0.1) is 0 Å². The first kappa shape index (κ1) is 14.7. The molecule has 0 amide bonds. The number of nitro groups is 1. The molecule has 0 saturated carbocycles. The molecule has 1 saturated heterocycles. The predicted molar refractivity (Wildman–Crippen MR) is 75.9 cm³/mol. The molecule has 110 valence electrons. The number of likely N-dealkylation sites (tertiary alicyclic amines) is 1. The van der Waals surface area contributed by atoms with E-state index in [0.717, 1.165) is 25.8 Å². The van der Waals surface area contributed by atoms with Crippen molar-refractivity contribution in [3.05, 3.63) is 28.1 Å². The Morgan fingerprint density at radius 1 is 1.50 bits per heavy atom. The number of rotatable bonds is 5. The monoisotopic (exact) mass is 279 g/mol. The molecule has 1 unspecified atom stereocenters. The quantitative estimate of drug-likeness (QED) is 0.510. The number of ketones is 1. The van der Waals surface area contributed by atoms with Gasteiger partial charge in [-0.3, -0.25) is 19.8 Å². The summed E-state index contributed by atoms with van der Waals surface area (Å²) in [6.07, 6.45) is 7.00. The predicted octanol–water partition coefficient (Wildman–Crippen LogP) is 2.76. The van der Waals surface area contributed by atoms with Crippen LogP contribution in [0.15, 0.2) is 12.3 Å². The van der Waals surface area contributed by atoms with Gasteiger partial charge in [0.05, 0.1) is 23.4 Å². The van der Waals surface area contributed by atoms with Crippen molar-refractivity contribution in [3.63, 3.8) is 0 Å². The molecule has 0 aliphatic carbocycles. The zero-order valence-corrected chi connectivity index (χ0v) is 11.8. The van der Waals surface area contributed by atoms with Crippen LogP contribution in [0.1, 0.15) is 49.5 Å². The number of nitrogens with zero attached hydrogens (tertiary/aromatic N) is 2. The number of aromatic amines is 1. The van der Waals surface area contributed by atoms with E-state index in [1.807, 2.05) is 0 Å². The van der Waals surface area contributed by atoms with E-state index in [4.69, 9.17) is 0 Å². The topological polar surface area (TPSA) is 79.2 Å². The molecular weight excluding hydrogens is 258 g/mol. The van der Waals surface area contributed by atoms with Gasteiger partial charge in [0.2, 0.25) is 0 Å². The third-order valence-electron chi connectivity index (χ3n) is 4.00. The Kier molecular flexibility index (Phi) is 4.89. The molecule has 6 nitrogen and oxygen atoms in total. The molecule has 2 rings (SSSR count). The van der Waals surface area contributed by atoms with E-state index in [1.54, 1.807) is 0 Å². The zero-order valence-electron chi connectivity index (χ0n) is 11.8. The second kappa shape index (κ2) is 6.65. The summed E-state index contributed by atoms with van der Waals surface area (Å²) in [5, 5.41) is 10.6. The summed E-state index contributed by atoms with van der Waals surface area (Å²) in [7, 11) is 0. The number of carbonyl (C=O) groups excluding carboxylic acids is 1. The fourth-order valence-electron chi connectivity index (χ4n) is 2.83. The summed E-state index contributed by atoms with van der Waals surface area (Å²) in [6.45, 7) is 3.43. The molecule has 0 spiro atoms. The molecule has 0 aromatic carbocycles. The lowest BCUT2D eigenvalue weighted by Crippen LogP contribution is -2.38. The summed E-state index contributed by atoms with van der Waals surface area (Å²) < 4.78 is 0. The minimum atomic E-state index is -0.492. The summed E-state index contributed by atoms with van der Waals surface area (Å²) >= 11 is 0. The highest BCUT2D eigenvalue weighted by Crippen LogP contribution is 2.20. The minimum Gasteiger partial charge on any atom is -0.353 e. The molecular formula is C14H21N3O3. The number of hydrogen-bond acceptors (Lipinski definition) is 4. The van der Waals surface area contributed by atoms with Crippen LogP contribution in [0, 0.1) is 10.1 Å². The van der Waals surface area contributed by atoms with E-state index in [0.29, 0.717) is 18.3 Å². The van der Waals surface area contributed by atoms with Crippen LogP contribution in [0.2, 0.25) is 0 Å². The Labute approximate surface area is 118 Å². The Balaban J connectivity index is 2.02. The molecule has 6 heteroatoms. The minimum absolute atomic E-state index is 0.0590. The van der Waals surface area contributed by atoms with Gasteiger partial charge in [-0.1, -0.05) is 19.8 Å². The summed E-state index contributed by atoms with van der Waals surface area (Å²) in [5.74, 6) is -0.0709. The van der Waals surface area contributed by atoms with Crippen molar-refractivity contribution in [1.82, 2.24) is 9.88 Å². The summed E-state index contributed by atoms with van der Waals surface area (Å²) in [5.41, 5.74) is 0.270. The maximum absolute atomic E-state index is 12.2. The molecule has 2 heterocycles. The number of Topliss-reactive ketones (excluding diaryl/α,β-unsaturated/α-hetero) is 1. The van der Waals surface area contributed by atoms with Crippen LogP contribution >= 0.6 is 0 Å². The van der Waals surface area contributed by atoms with Gasteiger partial charge in [0.15, 0.2) is 5.78 Å². The van der Waals surface area contributed by atoms with Gasteiger partial charge in [0.25, 0.3) is 5.69 Å². The largest absolute Gasteiger partial charge is 0.353 e. The molecule has 1 aliphatic rings. The zero-order chi connectivity index (χ0) is 14.5. The Bertz CT molecular complexity index is 484. The van der Waals surface area contributed by atoms with Crippen molar-refractivity contribution >= 4 is 11.5 Å². The molecule has 1 aromatic heterocycles. The second-order valence-electron chi connectivity index (χ2n) is 5.33. The lowest BCUT2D eigenvalue weighted by molar-refractivity contribution is -0.384. The molecule has 1 N–H and O–H groups in total. The van der Waals surface area contributed by atoms with Gasteiger partial charge in [0.1, 0.15) is 0 Å². The van der Waals surface area contributed by atoms with Crippen molar-refractivity contribution < 1.29 is 9.72 Å². The number of nitrogens with one attached hydrogen (secondary N) is 1. The van der Waals surface area contributed by atoms with Gasteiger partial charge in [0, 0.05) is 12.1 Å². The van der Waals surface area contributed by atoms with E-state index < -0.39 is 4.92 Å². The number of carbonyl (C=O) groups is 1. The van der Waals surface area contributed by atoms with Crippen molar-refractivity contribution in [1.29, 1.82) is 0 Å². The Morgan fingerprint density at radius 3 is 2.95 bits per heavy atom. The fraction of sp³-hybridized carbons (Fsp3) is 0.643. The second-order valence-corrected chi connectivity index (χ2v) is 5.33. The summed E-state index contributed by atoms with van der Waals surface area (Å²) in [4.78, 5) is 27.3. The van der Waals surface area contributed by atoms with Crippen LogP contribution in [0.5, 0.6) is 0 Å². The molecule has 20 heavy (non-hydrogen) atoms. The van der Waals surface area contributed by atoms with Crippen molar-refractivity contribution in [3.8, 4) is 0 Å². The van der Waals surface area contributed by atoms with Crippen LogP contribution in [0.4, 0.5) is 5.69 Å². The normalized spacial score (nSPS) is 20.6. The van der Waals surface area contributed by atoms with Crippen LogP contribution in [-0.2, 0) is 0 Å². The van der Waals surface area contributed by atoms with Crippen LogP contribution in [-0.4, -0.2) is 39.7 Å². The number of hydrogen-bond donors (Lipinski definition) is 1. The van der Waals surface area contributed by atoms with Gasteiger partial charge in [-0.2, -0.15) is 0 Å². The Hall–Kier alpha value is -1.69. The summed E-state index contributed by atoms with van der Waals surface area (Å²) in [6, 6.07) is 1.77. The van der Waals surface area contributed by atoms with Crippen molar-refractivity contribution in [2.24, 2.45) is 0 Å². The maximum atomic E-state index is 12.2. The average molecular weight is 279 g/mol. The smallest absolute Gasteiger partial charge is 0.287 e. The van der Waals surface area contributed by atoms with Crippen molar-refractivity contribution in [2.45, 2.75) is 45.1 Å². The lowest BCUT2D eigenvalue weighted by atomic mass is 10.1. The lowest BCUT2D eigenvalue weighted by Gasteiger charge is -2.28. The highest BCUT2D eigenvalue weighted by molar-refractivity contribution is 5.96. The third kappa shape index (κ3) is 3.45. The SMILES string of the molecule is CCC1CCCCCN1CC(=O)c1cc([N+](=O)[O-])c[nH]1. The van der Waals surface area contributed by atoms with E-state index in [2.05, 4.69) is 16.8 Å². The first-order valence-electron chi connectivity index (χ1n) is 7.22. The number of aromatic nitrogens is 1. The van der Waals surface area contributed by atoms with E-state index in [9.17, 15) is 14.9 Å². The first-order valence-corrected chi connectivity index (χ1v) is 7.22. The van der Waals surface area contributed by atoms with Gasteiger partial charge in [-0.25, -0.2) is 0 Å². The van der Waals surface area contributed by atoms with E-state index >= 15 is 0 Å². The van der Waals surface area contributed by atoms with E-state index in [-0.39, 0.29) is 11.5 Å². The molecule has 1 atom stereocenters. The number of H-pyrrole nitrogens is 1. The first-order chi connectivity index (χ1) is 9.61. The molecule has 1 aliphatic heterocycles. The molecule has 1 aromatic rings. The molecule has 0 radical (unpaired) electrons. The maximum Gasteiger partial charge on any atom is 0.287 e. The van der Waals surface area contributed by atoms with Crippen LogP contribution < -0.4 is 0 Å².